The zero-order valence-electron chi connectivity index (χ0n) is 9.76. The highest BCUT2D eigenvalue weighted by atomic mass is 79.9. The van der Waals surface area contributed by atoms with E-state index in [0.29, 0.717) is 17.0 Å². The van der Waals surface area contributed by atoms with E-state index < -0.39 is 0 Å². The van der Waals surface area contributed by atoms with Crippen molar-refractivity contribution < 1.29 is 9.13 Å². The van der Waals surface area contributed by atoms with Gasteiger partial charge in [-0.2, -0.15) is 0 Å². The van der Waals surface area contributed by atoms with Gasteiger partial charge in [-0.1, -0.05) is 6.92 Å². The number of methoxy groups -OCH3 is 1. The Morgan fingerprint density at radius 1 is 1.53 bits per heavy atom. The molecule has 0 aliphatic heterocycles. The minimum Gasteiger partial charge on any atom is -0.384 e. The first-order valence-electron chi connectivity index (χ1n) is 5.42. The van der Waals surface area contributed by atoms with Gasteiger partial charge in [0.25, 0.3) is 0 Å². The molecule has 2 rings (SSSR count). The van der Waals surface area contributed by atoms with Crippen LogP contribution in [0.5, 0.6) is 0 Å². The highest BCUT2D eigenvalue weighted by molar-refractivity contribution is 9.10. The third-order valence-corrected chi connectivity index (χ3v) is 3.17. The van der Waals surface area contributed by atoms with Crippen molar-refractivity contribution in [3.8, 4) is 0 Å². The summed E-state index contributed by atoms with van der Waals surface area (Å²) in [5, 5.41) is 0. The molecule has 1 aromatic carbocycles. The van der Waals surface area contributed by atoms with E-state index in [2.05, 4.69) is 32.8 Å². The first kappa shape index (κ1) is 12.5. The summed E-state index contributed by atoms with van der Waals surface area (Å²) < 4.78 is 18.8. The van der Waals surface area contributed by atoms with Gasteiger partial charge in [-0.3, -0.25) is 0 Å². The van der Waals surface area contributed by atoms with Crippen LogP contribution in [0.4, 0.5) is 4.39 Å². The summed E-state index contributed by atoms with van der Waals surface area (Å²) in [6.07, 6.45) is 0.793. The molecule has 0 spiro atoms. The van der Waals surface area contributed by atoms with Crippen molar-refractivity contribution in [3.63, 3.8) is 0 Å². The molecular weight excluding hydrogens is 287 g/mol. The molecule has 0 aliphatic rings. The summed E-state index contributed by atoms with van der Waals surface area (Å²) >= 11 is 3.15. The summed E-state index contributed by atoms with van der Waals surface area (Å²) in [7, 11) is 1.68. The Morgan fingerprint density at radius 3 is 3.00 bits per heavy atom. The molecule has 1 aromatic heterocycles. The quantitative estimate of drug-likeness (QED) is 0.941. The summed E-state index contributed by atoms with van der Waals surface area (Å²) in [5.74, 6) is 0.966. The Labute approximate surface area is 108 Å². The molecule has 1 atom stereocenters. The van der Waals surface area contributed by atoms with E-state index in [1.54, 1.807) is 13.2 Å². The fourth-order valence-electron chi connectivity index (χ4n) is 1.83. The van der Waals surface area contributed by atoms with Crippen LogP contribution in [-0.2, 0) is 11.2 Å². The zero-order chi connectivity index (χ0) is 12.4. The standard InChI is InChI=1S/C12H14BrFN2O/c1-7(6-17-2)3-12-15-10-4-8(13)9(14)5-11(10)16-12/h4-5,7H,3,6H2,1-2H3,(H,15,16). The third kappa shape index (κ3) is 2.84. The number of H-pyrrole nitrogens is 1. The monoisotopic (exact) mass is 300 g/mol. The second-order valence-electron chi connectivity index (χ2n) is 4.23. The molecule has 0 saturated heterocycles. The van der Waals surface area contributed by atoms with Crippen LogP contribution in [0.15, 0.2) is 16.6 Å². The van der Waals surface area contributed by atoms with E-state index in [1.165, 1.54) is 6.07 Å². The van der Waals surface area contributed by atoms with E-state index in [1.807, 2.05) is 0 Å². The molecule has 1 unspecified atom stereocenters. The maximum absolute atomic E-state index is 13.3. The Bertz CT molecular complexity index is 487. The Balaban J connectivity index is 2.25. The first-order chi connectivity index (χ1) is 8.10. The molecule has 0 aliphatic carbocycles. The summed E-state index contributed by atoms with van der Waals surface area (Å²) in [4.78, 5) is 7.55. The van der Waals surface area contributed by atoms with Crippen LogP contribution < -0.4 is 0 Å². The van der Waals surface area contributed by atoms with E-state index in [-0.39, 0.29) is 5.82 Å². The highest BCUT2D eigenvalue weighted by Crippen LogP contribution is 2.22. The number of rotatable bonds is 4. The number of hydrogen-bond acceptors (Lipinski definition) is 2. The molecule has 0 saturated carbocycles. The van der Waals surface area contributed by atoms with E-state index in [4.69, 9.17) is 4.74 Å². The van der Waals surface area contributed by atoms with Gasteiger partial charge in [0.05, 0.1) is 15.5 Å². The minimum atomic E-state index is -0.280. The van der Waals surface area contributed by atoms with Crippen LogP contribution in [0, 0.1) is 11.7 Å². The topological polar surface area (TPSA) is 37.9 Å². The number of imidazole rings is 1. The maximum atomic E-state index is 13.3. The number of fused-ring (bicyclic) bond motifs is 1. The van der Waals surface area contributed by atoms with Gasteiger partial charge in [-0.15, -0.1) is 0 Å². The molecule has 0 radical (unpaired) electrons. The number of hydrogen-bond donors (Lipinski definition) is 1. The van der Waals surface area contributed by atoms with Gasteiger partial charge >= 0.3 is 0 Å². The van der Waals surface area contributed by atoms with Crippen LogP contribution in [0.3, 0.4) is 0 Å². The summed E-state index contributed by atoms with van der Waals surface area (Å²) in [6.45, 7) is 2.78. The van der Waals surface area contributed by atoms with Crippen molar-refractivity contribution in [2.24, 2.45) is 5.92 Å². The smallest absolute Gasteiger partial charge is 0.139 e. The molecule has 2 aromatic rings. The van der Waals surface area contributed by atoms with E-state index >= 15 is 0 Å². The van der Waals surface area contributed by atoms with Crippen molar-refractivity contribution in [1.82, 2.24) is 9.97 Å². The molecule has 5 heteroatoms. The molecule has 0 bridgehead atoms. The van der Waals surface area contributed by atoms with Gasteiger partial charge < -0.3 is 9.72 Å². The van der Waals surface area contributed by atoms with Crippen LogP contribution in [-0.4, -0.2) is 23.7 Å². The number of ether oxygens (including phenoxy) is 1. The fourth-order valence-corrected chi connectivity index (χ4v) is 2.16. The van der Waals surface area contributed by atoms with Crippen molar-refractivity contribution in [3.05, 3.63) is 28.2 Å². The van der Waals surface area contributed by atoms with E-state index in [9.17, 15) is 4.39 Å². The second-order valence-corrected chi connectivity index (χ2v) is 5.09. The Morgan fingerprint density at radius 2 is 2.29 bits per heavy atom. The number of halogens is 2. The maximum Gasteiger partial charge on any atom is 0.139 e. The molecule has 92 valence electrons. The normalized spacial score (nSPS) is 13.2. The number of nitrogens with one attached hydrogen (secondary N) is 1. The van der Waals surface area contributed by atoms with Crippen LogP contribution in [0.1, 0.15) is 12.7 Å². The minimum absolute atomic E-state index is 0.280. The third-order valence-electron chi connectivity index (χ3n) is 2.57. The van der Waals surface area contributed by atoms with Crippen LogP contribution in [0.2, 0.25) is 0 Å². The Hall–Kier alpha value is -0.940. The number of nitrogens with zero attached hydrogens (tertiary/aromatic N) is 1. The van der Waals surface area contributed by atoms with Gasteiger partial charge in [0.1, 0.15) is 11.6 Å². The number of benzene rings is 1. The fraction of sp³-hybridized carbons (Fsp3) is 0.417. The van der Waals surface area contributed by atoms with Gasteiger partial charge in [-0.25, -0.2) is 9.37 Å². The van der Waals surface area contributed by atoms with Crippen LogP contribution >= 0.6 is 15.9 Å². The Kier molecular flexibility index (Phi) is 3.79. The predicted molar refractivity (Wildman–Crippen MR) is 68.5 cm³/mol. The molecule has 1 heterocycles. The van der Waals surface area contributed by atoms with Gasteiger partial charge in [0.15, 0.2) is 0 Å². The van der Waals surface area contributed by atoms with Crippen LogP contribution in [0.25, 0.3) is 11.0 Å². The van der Waals surface area contributed by atoms with E-state index in [0.717, 1.165) is 23.3 Å². The van der Waals surface area contributed by atoms with Gasteiger partial charge in [0, 0.05) is 26.2 Å². The average Bonchev–Trinajstić information content (AvgIpc) is 2.60. The van der Waals surface area contributed by atoms with Crippen molar-refractivity contribution in [2.75, 3.05) is 13.7 Å². The molecule has 0 amide bonds. The lowest BCUT2D eigenvalue weighted by Crippen LogP contribution is -2.07. The molecule has 17 heavy (non-hydrogen) atoms. The lowest BCUT2D eigenvalue weighted by Gasteiger charge is -2.06. The molecule has 3 nitrogen and oxygen atoms in total. The lowest BCUT2D eigenvalue weighted by molar-refractivity contribution is 0.159. The molecule has 0 fully saturated rings. The summed E-state index contributed by atoms with van der Waals surface area (Å²) in [5.41, 5.74) is 1.50. The molecular formula is C12H14BrFN2O. The van der Waals surface area contributed by atoms with Gasteiger partial charge in [-0.05, 0) is 27.9 Å². The number of aromatic nitrogens is 2. The zero-order valence-corrected chi connectivity index (χ0v) is 11.3. The van der Waals surface area contributed by atoms with Crippen molar-refractivity contribution in [2.45, 2.75) is 13.3 Å². The van der Waals surface area contributed by atoms with Crippen molar-refractivity contribution >= 4 is 27.0 Å². The highest BCUT2D eigenvalue weighted by Gasteiger charge is 2.10. The largest absolute Gasteiger partial charge is 0.384 e. The first-order valence-corrected chi connectivity index (χ1v) is 6.22. The predicted octanol–water partition coefficient (Wildman–Crippen LogP) is 3.29. The second kappa shape index (κ2) is 5.14. The van der Waals surface area contributed by atoms with Crippen molar-refractivity contribution in [1.29, 1.82) is 0 Å². The summed E-state index contributed by atoms with van der Waals surface area (Å²) in [6, 6.07) is 3.14. The average molecular weight is 301 g/mol. The molecule has 1 N–H and O–H groups in total. The SMILES string of the molecule is COCC(C)Cc1nc2cc(Br)c(F)cc2[nH]1. The number of aromatic amines is 1. The van der Waals surface area contributed by atoms with Gasteiger partial charge in [0.2, 0.25) is 0 Å². The lowest BCUT2D eigenvalue weighted by atomic mass is 10.1.